The van der Waals surface area contributed by atoms with E-state index in [9.17, 15) is 24.0 Å². The van der Waals surface area contributed by atoms with Crippen LogP contribution in [0.3, 0.4) is 0 Å². The summed E-state index contributed by atoms with van der Waals surface area (Å²) in [4.78, 5) is 66.5. The number of likely N-dealkylation sites (tertiary alicyclic amines) is 1. The van der Waals surface area contributed by atoms with E-state index >= 15 is 0 Å². The summed E-state index contributed by atoms with van der Waals surface area (Å²) < 4.78 is 34.4. The van der Waals surface area contributed by atoms with E-state index in [2.05, 4.69) is 10.6 Å². The summed E-state index contributed by atoms with van der Waals surface area (Å²) in [6, 6.07) is 23.7. The molecule has 14 nitrogen and oxygen atoms in total. The summed E-state index contributed by atoms with van der Waals surface area (Å²) in [7, 11) is 0. The highest BCUT2D eigenvalue weighted by Gasteiger charge is 2.36. The molecular formula is C50H57N3O11. The lowest BCUT2D eigenvalue weighted by Crippen LogP contribution is -2.46. The van der Waals surface area contributed by atoms with Gasteiger partial charge in [-0.25, -0.2) is 4.79 Å². The van der Waals surface area contributed by atoms with E-state index in [4.69, 9.17) is 28.1 Å². The molecule has 0 bridgehead atoms. The van der Waals surface area contributed by atoms with Crippen LogP contribution in [0.15, 0.2) is 100 Å². The number of carbonyl (C=O) groups excluding carboxylic acids is 4. The predicted octanol–water partition coefficient (Wildman–Crippen LogP) is 7.05. The third kappa shape index (κ3) is 13.3. The van der Waals surface area contributed by atoms with Crippen LogP contribution in [0.2, 0.25) is 0 Å². The fraction of sp³-hybridized carbons (Fsp3) is 0.380. The minimum Gasteiger partial charge on any atom is -0.488 e. The fourth-order valence-electron chi connectivity index (χ4n) is 7.23. The zero-order chi connectivity index (χ0) is 45.9. The SMILES string of the molecule is CC(C)(C)OC(=O)COc1ccc2c(-c3ccccc3C(=O)N3CCCC3C(=O)NCCOCCOCCNC(=O)/C=C/c3ccc(OC(C)(C)C)cc3)c3ccc(=O)cc-3oc2c1. The second kappa shape index (κ2) is 21.2. The molecule has 3 aromatic rings. The molecule has 2 aliphatic heterocycles. The number of carbonyl (C=O) groups is 4. The third-order valence-corrected chi connectivity index (χ3v) is 9.88. The number of rotatable bonds is 18. The molecule has 1 saturated heterocycles. The molecule has 1 aliphatic carbocycles. The van der Waals surface area contributed by atoms with E-state index < -0.39 is 17.6 Å². The Morgan fingerprint density at radius 2 is 1.48 bits per heavy atom. The number of ether oxygens (including phenoxy) is 5. The molecule has 1 unspecified atom stereocenters. The van der Waals surface area contributed by atoms with Crippen LogP contribution >= 0.6 is 0 Å². The standard InChI is InChI=1S/C50H57N3O11/c1-49(2,3)63-35-17-13-33(14-18-35)15-22-44(55)51-23-26-59-28-29-60-27-24-52-47(57)41-12-9-25-53(41)48(58)38-11-8-7-10-37(38)46-39-20-16-34(54)30-42(39)62-43-31-36(19-21-40(43)46)61-32-45(56)64-50(4,5)6/h7-8,10-11,13-22,30-31,41H,9,12,23-29,32H2,1-6H3,(H,51,55)(H,52,57)/b22-15+. The van der Waals surface area contributed by atoms with Crippen molar-refractivity contribution >= 4 is 40.7 Å². The average Bonchev–Trinajstić information content (AvgIpc) is 3.74. The van der Waals surface area contributed by atoms with Gasteiger partial charge in [0.05, 0.1) is 26.4 Å². The van der Waals surface area contributed by atoms with Gasteiger partial charge >= 0.3 is 5.97 Å². The molecule has 1 fully saturated rings. The van der Waals surface area contributed by atoms with Crippen LogP contribution in [0.4, 0.5) is 0 Å². The number of nitrogens with one attached hydrogen (secondary N) is 2. The average molecular weight is 876 g/mol. The number of hydrogen-bond donors (Lipinski definition) is 2. The first-order valence-corrected chi connectivity index (χ1v) is 21.5. The van der Waals surface area contributed by atoms with Crippen LogP contribution in [0.5, 0.6) is 11.5 Å². The Bertz CT molecular complexity index is 2480. The van der Waals surface area contributed by atoms with Gasteiger partial charge in [0.25, 0.3) is 5.91 Å². The Labute approximate surface area is 373 Å². The normalized spacial score (nSPS) is 14.2. The van der Waals surface area contributed by atoms with Crippen LogP contribution < -0.4 is 25.5 Å². The number of benzene rings is 4. The van der Waals surface area contributed by atoms with Gasteiger partial charge in [-0.3, -0.25) is 19.2 Å². The molecule has 6 rings (SSSR count). The fourth-order valence-corrected chi connectivity index (χ4v) is 7.23. The molecule has 3 aromatic carbocycles. The number of nitrogens with zero attached hydrogens (tertiary/aromatic N) is 1. The van der Waals surface area contributed by atoms with Gasteiger partial charge in [-0.05, 0) is 114 Å². The van der Waals surface area contributed by atoms with E-state index in [0.29, 0.717) is 90.5 Å². The molecule has 0 radical (unpaired) electrons. The zero-order valence-electron chi connectivity index (χ0n) is 37.3. The van der Waals surface area contributed by atoms with E-state index in [1.54, 1.807) is 68.1 Å². The minimum absolute atomic E-state index is 0.230. The van der Waals surface area contributed by atoms with Crippen molar-refractivity contribution in [1.82, 2.24) is 15.5 Å². The third-order valence-electron chi connectivity index (χ3n) is 9.88. The lowest BCUT2D eigenvalue weighted by molar-refractivity contribution is -0.157. The second-order valence-corrected chi connectivity index (χ2v) is 17.3. The van der Waals surface area contributed by atoms with Gasteiger partial charge in [0.1, 0.15) is 40.1 Å². The Balaban J connectivity index is 0.990. The first kappa shape index (κ1) is 47.0. The molecule has 2 heterocycles. The Morgan fingerprint density at radius 1 is 0.781 bits per heavy atom. The van der Waals surface area contributed by atoms with Crippen LogP contribution in [-0.4, -0.2) is 98.5 Å². The molecule has 64 heavy (non-hydrogen) atoms. The van der Waals surface area contributed by atoms with Crippen LogP contribution in [0, 0.1) is 0 Å². The van der Waals surface area contributed by atoms with E-state index in [1.165, 1.54) is 18.2 Å². The molecule has 0 spiro atoms. The summed E-state index contributed by atoms with van der Waals surface area (Å²) in [5, 5.41) is 6.35. The summed E-state index contributed by atoms with van der Waals surface area (Å²) >= 11 is 0. The molecule has 0 saturated carbocycles. The van der Waals surface area contributed by atoms with Crippen molar-refractivity contribution in [2.45, 2.75) is 71.6 Å². The highest BCUT2D eigenvalue weighted by molar-refractivity contribution is 6.10. The van der Waals surface area contributed by atoms with Crippen molar-refractivity contribution in [2.75, 3.05) is 52.7 Å². The Hall–Kier alpha value is -6.51. The largest absolute Gasteiger partial charge is 0.488 e. The van der Waals surface area contributed by atoms with Gasteiger partial charge in [0.2, 0.25) is 11.8 Å². The maximum absolute atomic E-state index is 14.4. The first-order valence-electron chi connectivity index (χ1n) is 21.5. The van der Waals surface area contributed by atoms with Gasteiger partial charge < -0.3 is 43.6 Å². The first-order chi connectivity index (χ1) is 30.5. The van der Waals surface area contributed by atoms with Crippen LogP contribution in [0.1, 0.15) is 70.3 Å². The lowest BCUT2D eigenvalue weighted by atomic mass is 9.90. The number of esters is 1. The zero-order valence-corrected chi connectivity index (χ0v) is 37.3. The molecular weight excluding hydrogens is 819 g/mol. The Kier molecular flexibility index (Phi) is 15.6. The number of hydrogen-bond acceptors (Lipinski definition) is 11. The number of amides is 3. The molecule has 3 amide bonds. The topological polar surface area (TPSA) is 172 Å². The van der Waals surface area contributed by atoms with Gasteiger partial charge in [0.15, 0.2) is 12.0 Å². The molecule has 2 N–H and O–H groups in total. The predicted molar refractivity (Wildman–Crippen MR) is 243 cm³/mol. The summed E-state index contributed by atoms with van der Waals surface area (Å²) in [6.07, 6.45) is 4.37. The maximum atomic E-state index is 14.4. The highest BCUT2D eigenvalue weighted by atomic mass is 16.6. The van der Waals surface area contributed by atoms with Crippen LogP contribution in [0.25, 0.3) is 39.5 Å². The van der Waals surface area contributed by atoms with Gasteiger partial charge in [-0.15, -0.1) is 0 Å². The summed E-state index contributed by atoms with van der Waals surface area (Å²) in [5.74, 6) is 0.108. The maximum Gasteiger partial charge on any atom is 0.344 e. The second-order valence-electron chi connectivity index (χ2n) is 17.3. The van der Waals surface area contributed by atoms with Crippen molar-refractivity contribution in [2.24, 2.45) is 0 Å². The smallest absolute Gasteiger partial charge is 0.344 e. The van der Waals surface area contributed by atoms with Crippen molar-refractivity contribution in [3.63, 3.8) is 0 Å². The molecule has 3 aliphatic rings. The molecule has 338 valence electrons. The van der Waals surface area contributed by atoms with Crippen molar-refractivity contribution in [1.29, 1.82) is 0 Å². The molecule has 14 heteroatoms. The van der Waals surface area contributed by atoms with Crippen molar-refractivity contribution < 1.29 is 47.3 Å². The molecule has 1 atom stereocenters. The van der Waals surface area contributed by atoms with Gasteiger partial charge in [-0.2, -0.15) is 0 Å². The van der Waals surface area contributed by atoms with Gasteiger partial charge in [0, 0.05) is 59.9 Å². The minimum atomic E-state index is -0.672. The van der Waals surface area contributed by atoms with Crippen molar-refractivity contribution in [3.05, 3.63) is 112 Å². The molecule has 0 aromatic heterocycles. The monoisotopic (exact) mass is 875 g/mol. The Morgan fingerprint density at radius 3 is 2.20 bits per heavy atom. The summed E-state index contributed by atoms with van der Waals surface area (Å²) in [5.41, 5.74) is 2.34. The van der Waals surface area contributed by atoms with Crippen molar-refractivity contribution in [3.8, 4) is 33.9 Å². The van der Waals surface area contributed by atoms with Gasteiger partial charge in [-0.1, -0.05) is 30.3 Å². The van der Waals surface area contributed by atoms with Crippen LogP contribution in [-0.2, 0) is 28.6 Å². The lowest BCUT2D eigenvalue weighted by Gasteiger charge is -2.26. The number of fused-ring (bicyclic) bond motifs is 2. The van der Waals surface area contributed by atoms with E-state index in [0.717, 1.165) is 11.3 Å². The van der Waals surface area contributed by atoms with E-state index in [-0.39, 0.29) is 48.5 Å². The summed E-state index contributed by atoms with van der Waals surface area (Å²) in [6.45, 7) is 13.1. The quantitative estimate of drug-likeness (QED) is 0.0400. The highest BCUT2D eigenvalue weighted by Crippen LogP contribution is 2.42. The van der Waals surface area contributed by atoms with E-state index in [1.807, 2.05) is 57.2 Å².